The van der Waals surface area contributed by atoms with Crippen molar-refractivity contribution >= 4 is 11.7 Å². The zero-order valence-corrected chi connectivity index (χ0v) is 18.1. The molecule has 0 unspecified atom stereocenters. The quantitative estimate of drug-likeness (QED) is 0.451. The molecule has 0 saturated heterocycles. The van der Waals surface area contributed by atoms with Crippen LogP contribution in [-0.4, -0.2) is 20.8 Å². The van der Waals surface area contributed by atoms with E-state index in [1.807, 2.05) is 36.7 Å². The number of nitrogens with one attached hydrogen (secondary N) is 1. The number of amides is 1. The lowest BCUT2D eigenvalue weighted by Crippen LogP contribution is -2.16. The average molecular weight is 434 g/mol. The van der Waals surface area contributed by atoms with E-state index < -0.39 is 5.91 Å². The van der Waals surface area contributed by atoms with Gasteiger partial charge in [0.15, 0.2) is 11.5 Å². The maximum Gasteiger partial charge on any atom is 0.279 e. The molecule has 0 bridgehead atoms. The van der Waals surface area contributed by atoms with Gasteiger partial charge in [-0.1, -0.05) is 35.0 Å². The van der Waals surface area contributed by atoms with E-state index in [-0.39, 0.29) is 18.1 Å². The van der Waals surface area contributed by atoms with Crippen LogP contribution in [0.15, 0.2) is 59.1 Å². The molecule has 32 heavy (non-hydrogen) atoms. The van der Waals surface area contributed by atoms with Gasteiger partial charge in [-0.05, 0) is 50.6 Å². The lowest BCUT2D eigenvalue weighted by molar-refractivity contribution is 0.101. The Morgan fingerprint density at radius 3 is 2.66 bits per heavy atom. The fourth-order valence-electron chi connectivity index (χ4n) is 3.32. The molecular weight excluding hydrogens is 411 g/mol. The predicted molar refractivity (Wildman–Crippen MR) is 117 cm³/mol. The standard InChI is InChI=1S/C24H23FN4O3/c1-15-5-4-6-18(11-15)13-29-16(2)12-22(27-29)26-24(30)23-21(17(3)32-28-23)14-31-20-9-7-19(25)8-10-20/h4-12H,13-14H2,1-3H3,(H,26,27,30). The van der Waals surface area contributed by atoms with Crippen molar-refractivity contribution in [1.29, 1.82) is 0 Å². The first kappa shape index (κ1) is 21.3. The average Bonchev–Trinajstić information content (AvgIpc) is 3.29. The molecule has 0 fully saturated rings. The monoisotopic (exact) mass is 434 g/mol. The molecular formula is C24H23FN4O3. The summed E-state index contributed by atoms with van der Waals surface area (Å²) in [4.78, 5) is 12.8. The molecule has 7 nitrogen and oxygen atoms in total. The van der Waals surface area contributed by atoms with E-state index in [1.165, 1.54) is 29.8 Å². The minimum absolute atomic E-state index is 0.0601. The second-order valence-electron chi connectivity index (χ2n) is 7.58. The van der Waals surface area contributed by atoms with Crippen LogP contribution in [0.1, 0.15) is 38.6 Å². The van der Waals surface area contributed by atoms with Gasteiger partial charge in [0.25, 0.3) is 5.91 Å². The first-order chi connectivity index (χ1) is 15.4. The van der Waals surface area contributed by atoms with Crippen molar-refractivity contribution in [2.45, 2.75) is 33.9 Å². The van der Waals surface area contributed by atoms with E-state index in [1.54, 1.807) is 13.0 Å². The number of carbonyl (C=O) groups excluding carboxylic acids is 1. The summed E-state index contributed by atoms with van der Waals surface area (Å²) in [7, 11) is 0. The molecule has 1 amide bonds. The minimum Gasteiger partial charge on any atom is -0.489 e. The number of ether oxygens (including phenoxy) is 1. The molecule has 2 heterocycles. The minimum atomic E-state index is -0.445. The summed E-state index contributed by atoms with van der Waals surface area (Å²) in [6.07, 6.45) is 0. The third-order valence-electron chi connectivity index (χ3n) is 5.03. The SMILES string of the molecule is Cc1cccc(Cn2nc(NC(=O)c3noc(C)c3COc3ccc(F)cc3)cc2C)c1. The van der Waals surface area contributed by atoms with Gasteiger partial charge < -0.3 is 14.6 Å². The lowest BCUT2D eigenvalue weighted by atomic mass is 10.1. The van der Waals surface area contributed by atoms with Crippen LogP contribution in [0.4, 0.5) is 10.2 Å². The van der Waals surface area contributed by atoms with E-state index >= 15 is 0 Å². The summed E-state index contributed by atoms with van der Waals surface area (Å²) in [5.41, 5.74) is 3.86. The number of halogens is 1. The molecule has 0 saturated carbocycles. The van der Waals surface area contributed by atoms with Crippen molar-refractivity contribution in [1.82, 2.24) is 14.9 Å². The van der Waals surface area contributed by atoms with Crippen molar-refractivity contribution in [3.63, 3.8) is 0 Å². The van der Waals surface area contributed by atoms with Gasteiger partial charge >= 0.3 is 0 Å². The van der Waals surface area contributed by atoms with Crippen LogP contribution < -0.4 is 10.1 Å². The normalized spacial score (nSPS) is 10.9. The van der Waals surface area contributed by atoms with Crippen molar-refractivity contribution in [3.8, 4) is 5.75 Å². The number of nitrogens with zero attached hydrogens (tertiary/aromatic N) is 3. The van der Waals surface area contributed by atoms with Crippen LogP contribution in [0.2, 0.25) is 0 Å². The Morgan fingerprint density at radius 2 is 1.91 bits per heavy atom. The molecule has 4 aromatic rings. The first-order valence-electron chi connectivity index (χ1n) is 10.1. The highest BCUT2D eigenvalue weighted by Crippen LogP contribution is 2.20. The summed E-state index contributed by atoms with van der Waals surface area (Å²) >= 11 is 0. The van der Waals surface area contributed by atoms with Crippen LogP contribution in [0, 0.1) is 26.6 Å². The Hall–Kier alpha value is -3.94. The summed E-state index contributed by atoms with van der Waals surface area (Å²) in [5.74, 6) is 0.573. The number of anilines is 1. The summed E-state index contributed by atoms with van der Waals surface area (Å²) < 4.78 is 25.8. The van der Waals surface area contributed by atoms with Crippen LogP contribution in [0.5, 0.6) is 5.75 Å². The molecule has 8 heteroatoms. The highest BCUT2D eigenvalue weighted by molar-refractivity contribution is 6.03. The molecule has 0 aliphatic rings. The Bertz CT molecular complexity index is 1240. The number of aryl methyl sites for hydroxylation is 3. The third kappa shape index (κ3) is 4.85. The van der Waals surface area contributed by atoms with Gasteiger partial charge in [-0.15, -0.1) is 0 Å². The van der Waals surface area contributed by atoms with E-state index in [0.29, 0.717) is 29.4 Å². The topological polar surface area (TPSA) is 82.2 Å². The fraction of sp³-hybridized carbons (Fsp3) is 0.208. The number of hydrogen-bond acceptors (Lipinski definition) is 5. The summed E-state index contributed by atoms with van der Waals surface area (Å²) in [6, 6.07) is 15.6. The van der Waals surface area contributed by atoms with E-state index in [0.717, 1.165) is 11.3 Å². The molecule has 0 spiro atoms. The van der Waals surface area contributed by atoms with Crippen molar-refractivity contribution in [3.05, 3.63) is 94.3 Å². The highest BCUT2D eigenvalue weighted by Gasteiger charge is 2.21. The maximum atomic E-state index is 13.1. The van der Waals surface area contributed by atoms with Crippen LogP contribution >= 0.6 is 0 Å². The van der Waals surface area contributed by atoms with E-state index in [4.69, 9.17) is 9.26 Å². The Kier molecular flexibility index (Phi) is 6.02. The zero-order valence-electron chi connectivity index (χ0n) is 18.1. The Morgan fingerprint density at radius 1 is 1.12 bits per heavy atom. The molecule has 4 rings (SSSR count). The van der Waals surface area contributed by atoms with Gasteiger partial charge in [-0.25, -0.2) is 4.39 Å². The van der Waals surface area contributed by atoms with Crippen LogP contribution in [0.25, 0.3) is 0 Å². The van der Waals surface area contributed by atoms with Gasteiger partial charge in [0.1, 0.15) is 23.9 Å². The summed E-state index contributed by atoms with van der Waals surface area (Å²) in [5, 5.41) is 11.2. The first-order valence-corrected chi connectivity index (χ1v) is 10.1. The molecule has 0 aliphatic heterocycles. The fourth-order valence-corrected chi connectivity index (χ4v) is 3.32. The van der Waals surface area contributed by atoms with Crippen LogP contribution in [0.3, 0.4) is 0 Å². The van der Waals surface area contributed by atoms with Crippen molar-refractivity contribution in [2.24, 2.45) is 0 Å². The number of aromatic nitrogens is 3. The Balaban J connectivity index is 1.46. The zero-order chi connectivity index (χ0) is 22.7. The van der Waals surface area contributed by atoms with Gasteiger partial charge in [-0.3, -0.25) is 9.48 Å². The molecule has 2 aromatic carbocycles. The largest absolute Gasteiger partial charge is 0.489 e. The number of rotatable bonds is 7. The van der Waals surface area contributed by atoms with Gasteiger partial charge in [0.2, 0.25) is 0 Å². The summed E-state index contributed by atoms with van der Waals surface area (Å²) in [6.45, 7) is 6.34. The molecule has 1 N–H and O–H groups in total. The highest BCUT2D eigenvalue weighted by atomic mass is 19.1. The van der Waals surface area contributed by atoms with Gasteiger partial charge in [0.05, 0.1) is 12.1 Å². The van der Waals surface area contributed by atoms with E-state index in [9.17, 15) is 9.18 Å². The van der Waals surface area contributed by atoms with E-state index in [2.05, 4.69) is 21.6 Å². The Labute approximate surface area is 184 Å². The number of hydrogen-bond donors (Lipinski definition) is 1. The smallest absolute Gasteiger partial charge is 0.279 e. The lowest BCUT2D eigenvalue weighted by Gasteiger charge is -2.07. The molecule has 0 aliphatic carbocycles. The third-order valence-corrected chi connectivity index (χ3v) is 5.03. The molecule has 0 radical (unpaired) electrons. The number of carbonyl (C=O) groups is 1. The number of benzene rings is 2. The molecule has 164 valence electrons. The van der Waals surface area contributed by atoms with Crippen LogP contribution in [-0.2, 0) is 13.2 Å². The predicted octanol–water partition coefficient (Wildman–Crippen LogP) is 4.82. The van der Waals surface area contributed by atoms with Crippen molar-refractivity contribution in [2.75, 3.05) is 5.32 Å². The van der Waals surface area contributed by atoms with Crippen molar-refractivity contribution < 1.29 is 18.4 Å². The molecule has 0 atom stereocenters. The second kappa shape index (κ2) is 9.05. The maximum absolute atomic E-state index is 13.1. The van der Waals surface area contributed by atoms with Gasteiger partial charge in [-0.2, -0.15) is 5.10 Å². The second-order valence-corrected chi connectivity index (χ2v) is 7.58. The molecule has 2 aromatic heterocycles. The van der Waals surface area contributed by atoms with Gasteiger partial charge in [0, 0.05) is 11.8 Å².